The maximum absolute atomic E-state index is 5.47. The predicted molar refractivity (Wildman–Crippen MR) is 89.4 cm³/mol. The van der Waals surface area contributed by atoms with Gasteiger partial charge in [-0.3, -0.25) is 0 Å². The fourth-order valence-electron chi connectivity index (χ4n) is 0.780. The Labute approximate surface area is 128 Å². The fraction of sp³-hybridized carbons (Fsp3) is 0.643. The van der Waals surface area contributed by atoms with Crippen LogP contribution in [0.4, 0.5) is 0 Å². The molecule has 120 valence electrons. The van der Waals surface area contributed by atoms with Gasteiger partial charge in [-0.2, -0.15) is 0 Å². The van der Waals surface area contributed by atoms with E-state index >= 15 is 0 Å². The summed E-state index contributed by atoms with van der Waals surface area (Å²) in [6.45, 7) is 15.3. The number of rotatable bonds is 10. The monoisotopic (exact) mass is 313 g/mol. The highest BCUT2D eigenvalue weighted by Crippen LogP contribution is 2.14. The zero-order chi connectivity index (χ0) is 16.3. The van der Waals surface area contributed by atoms with E-state index in [9.17, 15) is 0 Å². The Morgan fingerprint density at radius 2 is 1.10 bits per heavy atom. The molecule has 0 amide bonds. The average Bonchev–Trinajstić information content (AvgIpc) is 2.53. The normalized spacial score (nSPS) is 13.9. The average molecular weight is 313 g/mol. The van der Waals surface area contributed by atoms with Crippen LogP contribution in [0.15, 0.2) is 27.7 Å². The quantitative estimate of drug-likeness (QED) is 0.347. The minimum absolute atomic E-state index is 0.774. The van der Waals surface area contributed by atoms with Gasteiger partial charge in [0.05, 0.1) is 17.1 Å². The molecular formula is C14H27N3O3Si. The molecule has 0 aromatic carbocycles. The van der Waals surface area contributed by atoms with Crippen LogP contribution in [0, 0.1) is 0 Å². The van der Waals surface area contributed by atoms with E-state index in [1.54, 1.807) is 0 Å². The van der Waals surface area contributed by atoms with Crippen LogP contribution in [0.2, 0.25) is 0 Å². The summed E-state index contributed by atoms with van der Waals surface area (Å²) >= 11 is 0. The van der Waals surface area contributed by atoms with Crippen LogP contribution < -0.4 is 0 Å². The van der Waals surface area contributed by atoms with Gasteiger partial charge in [0.2, 0.25) is 0 Å². The van der Waals surface area contributed by atoms with E-state index < -0.39 is 8.80 Å². The number of nitrogens with zero attached hydrogens (tertiary/aromatic N) is 3. The molecule has 0 fully saturated rings. The van der Waals surface area contributed by atoms with E-state index in [4.69, 9.17) is 13.6 Å². The highest BCUT2D eigenvalue weighted by molar-refractivity contribution is 6.66. The van der Waals surface area contributed by atoms with Crippen molar-refractivity contribution in [1.29, 1.82) is 0 Å². The highest BCUT2D eigenvalue weighted by atomic mass is 28.4. The summed E-state index contributed by atoms with van der Waals surface area (Å²) in [6.07, 6.45) is 2.32. The second kappa shape index (κ2) is 10.1. The van der Waals surface area contributed by atoms with Gasteiger partial charge in [0.25, 0.3) is 0 Å². The number of hydrogen-bond acceptors (Lipinski definition) is 6. The minimum atomic E-state index is -3.31. The molecule has 0 saturated carbocycles. The van der Waals surface area contributed by atoms with E-state index in [0.29, 0.717) is 0 Å². The first-order valence-electron chi connectivity index (χ1n) is 7.21. The van der Waals surface area contributed by atoms with Crippen molar-refractivity contribution in [3.63, 3.8) is 0 Å². The largest absolute Gasteiger partial charge is 0.791 e. The summed E-state index contributed by atoms with van der Waals surface area (Å²) in [7, 11) is -3.31. The molecule has 0 aromatic heterocycles. The SMILES string of the molecule is C=C[Si](O/N=C(/C)CC)(O/N=C(/C)CC)O/N=C(/C)CC. The Morgan fingerprint density at radius 1 is 0.810 bits per heavy atom. The van der Waals surface area contributed by atoms with Crippen LogP contribution in [0.5, 0.6) is 0 Å². The molecule has 6 nitrogen and oxygen atoms in total. The zero-order valence-corrected chi connectivity index (χ0v) is 15.0. The summed E-state index contributed by atoms with van der Waals surface area (Å²) in [5.74, 6) is 0. The zero-order valence-electron chi connectivity index (χ0n) is 14.0. The van der Waals surface area contributed by atoms with Gasteiger partial charge in [-0.05, 0) is 40.0 Å². The smallest absolute Gasteiger partial charge is 0.370 e. The second-order valence-corrected chi connectivity index (χ2v) is 6.78. The highest BCUT2D eigenvalue weighted by Gasteiger charge is 2.48. The van der Waals surface area contributed by atoms with Crippen molar-refractivity contribution in [2.75, 3.05) is 0 Å². The molecule has 0 atom stereocenters. The molecule has 0 saturated heterocycles. The topological polar surface area (TPSA) is 64.8 Å². The van der Waals surface area contributed by atoms with Gasteiger partial charge < -0.3 is 13.6 Å². The third kappa shape index (κ3) is 7.65. The van der Waals surface area contributed by atoms with Crippen LogP contribution in [-0.2, 0) is 13.6 Å². The molecule has 0 rings (SSSR count). The van der Waals surface area contributed by atoms with Crippen molar-refractivity contribution in [2.24, 2.45) is 15.5 Å². The Hall–Kier alpha value is -1.63. The van der Waals surface area contributed by atoms with E-state index in [1.807, 2.05) is 41.5 Å². The van der Waals surface area contributed by atoms with Crippen LogP contribution in [0.3, 0.4) is 0 Å². The lowest BCUT2D eigenvalue weighted by Crippen LogP contribution is -2.40. The summed E-state index contributed by atoms with van der Waals surface area (Å²) in [5.41, 5.74) is 3.95. The summed E-state index contributed by atoms with van der Waals surface area (Å²) in [4.78, 5) is 0. The Kier molecular flexibility index (Phi) is 9.36. The Balaban J connectivity index is 5.22. The van der Waals surface area contributed by atoms with Gasteiger partial charge in [-0.15, -0.1) is 15.5 Å². The lowest BCUT2D eigenvalue weighted by Gasteiger charge is -2.19. The van der Waals surface area contributed by atoms with Gasteiger partial charge in [0.1, 0.15) is 0 Å². The molecule has 0 aromatic rings. The first kappa shape index (κ1) is 19.4. The minimum Gasteiger partial charge on any atom is -0.370 e. The standard InChI is InChI=1S/C14H27N3O3Si/c1-8-12(5)15-18-21(11-4,19-16-13(6)9-2)20-17-14(7)10-3/h11H,4,8-10H2,1-3,5-7H3/b15-12-,16-13-,17-14-. The van der Waals surface area contributed by atoms with Crippen molar-refractivity contribution in [3.05, 3.63) is 12.3 Å². The molecule has 0 heterocycles. The van der Waals surface area contributed by atoms with Crippen molar-refractivity contribution in [3.8, 4) is 0 Å². The van der Waals surface area contributed by atoms with Crippen molar-refractivity contribution < 1.29 is 13.6 Å². The van der Waals surface area contributed by atoms with Gasteiger partial charge in [0.15, 0.2) is 0 Å². The van der Waals surface area contributed by atoms with E-state index in [2.05, 4.69) is 22.0 Å². The van der Waals surface area contributed by atoms with E-state index in [0.717, 1.165) is 36.4 Å². The molecule has 0 bridgehead atoms. The Bertz CT molecular complexity index is 365. The number of oxime groups is 3. The van der Waals surface area contributed by atoms with Crippen molar-refractivity contribution in [1.82, 2.24) is 0 Å². The molecule has 7 heteroatoms. The van der Waals surface area contributed by atoms with E-state index in [1.165, 1.54) is 5.70 Å². The molecule has 0 N–H and O–H groups in total. The second-order valence-electron chi connectivity index (χ2n) is 4.62. The molecule has 0 unspecified atom stereocenters. The van der Waals surface area contributed by atoms with Gasteiger partial charge in [0, 0.05) is 5.70 Å². The third-order valence-electron chi connectivity index (χ3n) is 2.77. The summed E-state index contributed by atoms with van der Waals surface area (Å²) < 4.78 is 16.4. The third-order valence-corrected chi connectivity index (χ3v) is 4.31. The lowest BCUT2D eigenvalue weighted by molar-refractivity contribution is 0.0785. The molecule has 0 aliphatic rings. The van der Waals surface area contributed by atoms with E-state index in [-0.39, 0.29) is 0 Å². The maximum atomic E-state index is 5.47. The molecular weight excluding hydrogens is 286 g/mol. The summed E-state index contributed by atoms with van der Waals surface area (Å²) in [5, 5.41) is 12.0. The van der Waals surface area contributed by atoms with Crippen LogP contribution >= 0.6 is 0 Å². The summed E-state index contributed by atoms with van der Waals surface area (Å²) in [6, 6.07) is 0. The Morgan fingerprint density at radius 3 is 1.29 bits per heavy atom. The molecule has 0 aliphatic heterocycles. The number of hydrogen-bond donors (Lipinski definition) is 0. The molecule has 21 heavy (non-hydrogen) atoms. The van der Waals surface area contributed by atoms with Gasteiger partial charge >= 0.3 is 8.80 Å². The first-order valence-corrected chi connectivity index (χ1v) is 9.01. The van der Waals surface area contributed by atoms with Crippen molar-refractivity contribution >= 4 is 25.9 Å². The lowest BCUT2D eigenvalue weighted by atomic mass is 10.3. The van der Waals surface area contributed by atoms with Gasteiger partial charge in [-0.1, -0.05) is 27.4 Å². The fourth-order valence-corrected chi connectivity index (χ4v) is 1.95. The predicted octanol–water partition coefficient (Wildman–Crippen LogP) is 4.06. The van der Waals surface area contributed by atoms with Crippen molar-refractivity contribution in [2.45, 2.75) is 60.8 Å². The maximum Gasteiger partial charge on any atom is 0.791 e. The van der Waals surface area contributed by atoms with Crippen LogP contribution in [0.1, 0.15) is 60.8 Å². The molecule has 0 spiro atoms. The van der Waals surface area contributed by atoms with Gasteiger partial charge in [-0.25, -0.2) is 0 Å². The van der Waals surface area contributed by atoms with Crippen LogP contribution in [0.25, 0.3) is 0 Å². The van der Waals surface area contributed by atoms with Crippen LogP contribution in [-0.4, -0.2) is 25.9 Å². The molecule has 0 aliphatic carbocycles. The first-order chi connectivity index (χ1) is 9.92. The molecule has 0 radical (unpaired) electrons.